The van der Waals surface area contributed by atoms with Gasteiger partial charge in [-0.15, -0.1) is 0 Å². The first-order valence-electron chi connectivity index (χ1n) is 5.56. The van der Waals surface area contributed by atoms with E-state index in [1.54, 1.807) is 6.07 Å². The molecule has 0 fully saturated rings. The fourth-order valence-corrected chi connectivity index (χ4v) is 2.26. The Balaban J connectivity index is 2.25. The molecule has 0 aliphatic carbocycles. The molecule has 2 rings (SSSR count). The Labute approximate surface area is 134 Å². The number of alkyl halides is 3. The molecule has 1 N–H and O–H groups in total. The number of nitrogens with zero attached hydrogens (tertiary/aromatic N) is 1. The highest BCUT2D eigenvalue weighted by atomic mass is 79.9. The lowest BCUT2D eigenvalue weighted by Gasteiger charge is -2.11. The Kier molecular flexibility index (Phi) is 4.67. The first-order chi connectivity index (χ1) is 9.75. The highest BCUT2D eigenvalue weighted by Crippen LogP contribution is 2.33. The summed E-state index contributed by atoms with van der Waals surface area (Å²) in [5.41, 5.74) is -0.714. The normalized spacial score (nSPS) is 11.3. The SMILES string of the molecule is O=C(Nc1cc(Br)cc(C(F)(F)F)c1)c1ccc(Br)cn1. The van der Waals surface area contributed by atoms with Crippen LogP contribution in [0.3, 0.4) is 0 Å². The minimum atomic E-state index is -4.49. The van der Waals surface area contributed by atoms with Crippen molar-refractivity contribution in [2.75, 3.05) is 5.32 Å². The molecule has 0 bridgehead atoms. The minimum Gasteiger partial charge on any atom is -0.321 e. The lowest BCUT2D eigenvalue weighted by atomic mass is 10.2. The second kappa shape index (κ2) is 6.15. The van der Waals surface area contributed by atoms with E-state index in [-0.39, 0.29) is 15.9 Å². The van der Waals surface area contributed by atoms with Crippen molar-refractivity contribution in [3.63, 3.8) is 0 Å². The van der Waals surface area contributed by atoms with Gasteiger partial charge in [-0.25, -0.2) is 4.98 Å². The number of anilines is 1. The molecular weight excluding hydrogens is 417 g/mol. The van der Waals surface area contributed by atoms with Gasteiger partial charge in [0.05, 0.1) is 5.56 Å². The van der Waals surface area contributed by atoms with Crippen LogP contribution in [0.4, 0.5) is 18.9 Å². The van der Waals surface area contributed by atoms with Crippen molar-refractivity contribution in [3.05, 3.63) is 56.7 Å². The minimum absolute atomic E-state index is 0.0337. The quantitative estimate of drug-likeness (QED) is 0.748. The van der Waals surface area contributed by atoms with Gasteiger partial charge in [-0.3, -0.25) is 4.79 Å². The number of carbonyl (C=O) groups is 1. The molecule has 1 heterocycles. The van der Waals surface area contributed by atoms with E-state index in [0.717, 1.165) is 12.1 Å². The van der Waals surface area contributed by atoms with Crippen LogP contribution in [0.25, 0.3) is 0 Å². The number of nitrogens with one attached hydrogen (secondary N) is 1. The number of benzene rings is 1. The molecule has 8 heteroatoms. The fraction of sp³-hybridized carbons (Fsp3) is 0.0769. The maximum absolute atomic E-state index is 12.7. The van der Waals surface area contributed by atoms with Crippen molar-refractivity contribution in [2.45, 2.75) is 6.18 Å². The number of rotatable bonds is 2. The average Bonchev–Trinajstić information content (AvgIpc) is 2.37. The molecule has 0 saturated carbocycles. The van der Waals surface area contributed by atoms with Crippen LogP contribution in [-0.2, 0) is 6.18 Å². The van der Waals surface area contributed by atoms with Crippen LogP contribution in [0.1, 0.15) is 16.1 Å². The van der Waals surface area contributed by atoms with Gasteiger partial charge in [0.25, 0.3) is 5.91 Å². The first kappa shape index (κ1) is 16.0. The van der Waals surface area contributed by atoms with Crippen molar-refractivity contribution in [1.29, 1.82) is 0 Å². The lowest BCUT2D eigenvalue weighted by molar-refractivity contribution is -0.137. The monoisotopic (exact) mass is 422 g/mol. The molecule has 21 heavy (non-hydrogen) atoms. The zero-order valence-corrected chi connectivity index (χ0v) is 13.4. The molecule has 110 valence electrons. The van der Waals surface area contributed by atoms with Crippen LogP contribution in [0, 0.1) is 0 Å². The highest BCUT2D eigenvalue weighted by molar-refractivity contribution is 9.10. The molecule has 1 aromatic carbocycles. The Morgan fingerprint density at radius 3 is 2.38 bits per heavy atom. The van der Waals surface area contributed by atoms with E-state index in [1.807, 2.05) is 0 Å². The van der Waals surface area contributed by atoms with Crippen molar-refractivity contribution in [3.8, 4) is 0 Å². The highest BCUT2D eigenvalue weighted by Gasteiger charge is 2.31. The number of hydrogen-bond donors (Lipinski definition) is 1. The molecule has 2 aromatic rings. The maximum atomic E-state index is 12.7. The third kappa shape index (κ3) is 4.28. The van der Waals surface area contributed by atoms with Gasteiger partial charge in [0.1, 0.15) is 5.69 Å². The lowest BCUT2D eigenvalue weighted by Crippen LogP contribution is -2.14. The Morgan fingerprint density at radius 2 is 1.81 bits per heavy atom. The van der Waals surface area contributed by atoms with Crippen LogP contribution >= 0.6 is 31.9 Å². The summed E-state index contributed by atoms with van der Waals surface area (Å²) in [7, 11) is 0. The van der Waals surface area contributed by atoms with E-state index in [2.05, 4.69) is 42.2 Å². The Hall–Kier alpha value is -1.41. The molecule has 0 spiro atoms. The molecule has 0 atom stereocenters. The van der Waals surface area contributed by atoms with Gasteiger partial charge in [0.2, 0.25) is 0 Å². The zero-order chi connectivity index (χ0) is 15.6. The predicted octanol–water partition coefficient (Wildman–Crippen LogP) is 4.88. The molecule has 3 nitrogen and oxygen atoms in total. The molecular formula is C13H7Br2F3N2O. The summed E-state index contributed by atoms with van der Waals surface area (Å²) in [5, 5.41) is 2.38. The number of halogens is 5. The first-order valence-corrected chi connectivity index (χ1v) is 7.15. The van der Waals surface area contributed by atoms with Crippen molar-refractivity contribution in [1.82, 2.24) is 4.98 Å². The van der Waals surface area contributed by atoms with Crippen molar-refractivity contribution in [2.24, 2.45) is 0 Å². The van der Waals surface area contributed by atoms with Crippen molar-refractivity contribution >= 4 is 43.5 Å². The Morgan fingerprint density at radius 1 is 1.10 bits per heavy atom. The molecule has 0 aliphatic rings. The van der Waals surface area contributed by atoms with E-state index < -0.39 is 17.6 Å². The molecule has 0 saturated heterocycles. The van der Waals surface area contributed by atoms with Crippen LogP contribution in [0.2, 0.25) is 0 Å². The van der Waals surface area contributed by atoms with Crippen LogP contribution in [-0.4, -0.2) is 10.9 Å². The number of amides is 1. The van der Waals surface area contributed by atoms with Gasteiger partial charge < -0.3 is 5.32 Å². The molecule has 1 amide bonds. The third-order valence-corrected chi connectivity index (χ3v) is 3.37. The van der Waals surface area contributed by atoms with Crippen LogP contribution < -0.4 is 5.32 Å². The number of hydrogen-bond acceptors (Lipinski definition) is 2. The van der Waals surface area contributed by atoms with Gasteiger partial charge in [0, 0.05) is 20.8 Å². The predicted molar refractivity (Wildman–Crippen MR) is 79.0 cm³/mol. The van der Waals surface area contributed by atoms with E-state index in [0.29, 0.717) is 4.47 Å². The van der Waals surface area contributed by atoms with Crippen LogP contribution in [0.5, 0.6) is 0 Å². The van der Waals surface area contributed by atoms with Gasteiger partial charge >= 0.3 is 6.18 Å². The van der Waals surface area contributed by atoms with E-state index in [9.17, 15) is 18.0 Å². The van der Waals surface area contributed by atoms with Gasteiger partial charge in [-0.1, -0.05) is 15.9 Å². The summed E-state index contributed by atoms with van der Waals surface area (Å²) in [5.74, 6) is -0.589. The summed E-state index contributed by atoms with van der Waals surface area (Å²) in [4.78, 5) is 15.8. The van der Waals surface area contributed by atoms with E-state index in [1.165, 1.54) is 18.3 Å². The number of carbonyl (C=O) groups excluding carboxylic acids is 1. The van der Waals surface area contributed by atoms with Gasteiger partial charge in [-0.05, 0) is 46.3 Å². The Bertz CT molecular complexity index is 672. The second-order valence-electron chi connectivity index (χ2n) is 4.04. The van der Waals surface area contributed by atoms with Gasteiger partial charge in [-0.2, -0.15) is 13.2 Å². The largest absolute Gasteiger partial charge is 0.416 e. The van der Waals surface area contributed by atoms with Crippen molar-refractivity contribution < 1.29 is 18.0 Å². The van der Waals surface area contributed by atoms with E-state index in [4.69, 9.17) is 0 Å². The maximum Gasteiger partial charge on any atom is 0.416 e. The summed E-state index contributed by atoms with van der Waals surface area (Å²) < 4.78 is 39.0. The third-order valence-electron chi connectivity index (χ3n) is 2.44. The molecule has 1 aromatic heterocycles. The molecule has 0 unspecified atom stereocenters. The number of aromatic nitrogens is 1. The molecule has 0 aliphatic heterocycles. The van der Waals surface area contributed by atoms with Crippen LogP contribution in [0.15, 0.2) is 45.5 Å². The number of pyridine rings is 1. The second-order valence-corrected chi connectivity index (χ2v) is 5.87. The summed E-state index contributed by atoms with van der Waals surface area (Å²) >= 11 is 6.16. The van der Waals surface area contributed by atoms with E-state index >= 15 is 0 Å². The summed E-state index contributed by atoms with van der Waals surface area (Å²) in [6.45, 7) is 0. The smallest absolute Gasteiger partial charge is 0.321 e. The topological polar surface area (TPSA) is 42.0 Å². The standard InChI is InChI=1S/C13H7Br2F3N2O/c14-8-1-2-11(19-6-8)12(21)20-10-4-7(13(16,17)18)3-9(15)5-10/h1-6H,(H,20,21). The zero-order valence-electron chi connectivity index (χ0n) is 10.2. The summed E-state index contributed by atoms with van der Waals surface area (Å²) in [6.07, 6.45) is -3.06. The average molecular weight is 424 g/mol. The molecule has 0 radical (unpaired) electrons. The summed E-state index contributed by atoms with van der Waals surface area (Å²) in [6, 6.07) is 6.26. The van der Waals surface area contributed by atoms with Gasteiger partial charge in [0.15, 0.2) is 0 Å². The fourth-order valence-electron chi connectivity index (χ4n) is 1.53.